The van der Waals surface area contributed by atoms with Gasteiger partial charge >= 0.3 is 5.97 Å². The lowest BCUT2D eigenvalue weighted by Crippen LogP contribution is -2.23. The van der Waals surface area contributed by atoms with E-state index in [2.05, 4.69) is 0 Å². The molecule has 0 bridgehead atoms. The first-order valence-electron chi connectivity index (χ1n) is 5.54. The predicted molar refractivity (Wildman–Crippen MR) is 56.6 cm³/mol. The number of hydrogen-bond donors (Lipinski definition) is 1. The van der Waals surface area contributed by atoms with Gasteiger partial charge in [0, 0.05) is 0 Å². The highest BCUT2D eigenvalue weighted by Gasteiger charge is 2.65. The summed E-state index contributed by atoms with van der Waals surface area (Å²) < 4.78 is 0. The van der Waals surface area contributed by atoms with Crippen LogP contribution in [0.15, 0.2) is 30.3 Å². The summed E-state index contributed by atoms with van der Waals surface area (Å²) in [7, 11) is 0. The third kappa shape index (κ3) is 1.21. The molecule has 78 valence electrons. The first-order valence-corrected chi connectivity index (χ1v) is 5.54. The van der Waals surface area contributed by atoms with Gasteiger partial charge in [0.05, 0.1) is 5.41 Å². The van der Waals surface area contributed by atoms with Crippen LogP contribution < -0.4 is 0 Å². The molecular weight excluding hydrogens is 188 g/mol. The van der Waals surface area contributed by atoms with Gasteiger partial charge in [-0.2, -0.15) is 0 Å². The van der Waals surface area contributed by atoms with Crippen molar-refractivity contribution in [2.24, 2.45) is 11.8 Å². The van der Waals surface area contributed by atoms with E-state index >= 15 is 0 Å². The summed E-state index contributed by atoms with van der Waals surface area (Å²) in [4.78, 5) is 11.4. The highest BCUT2D eigenvalue weighted by atomic mass is 16.4. The summed E-state index contributed by atoms with van der Waals surface area (Å²) in [6, 6.07) is 9.71. The summed E-state index contributed by atoms with van der Waals surface area (Å²) in [6.45, 7) is 0. The van der Waals surface area contributed by atoms with E-state index in [4.69, 9.17) is 0 Å². The second-order valence-corrected chi connectivity index (χ2v) is 4.79. The summed E-state index contributed by atoms with van der Waals surface area (Å²) in [5.74, 6) is 0.448. The molecule has 2 atom stereocenters. The molecule has 2 saturated carbocycles. The molecule has 0 aliphatic heterocycles. The summed E-state index contributed by atoms with van der Waals surface area (Å²) in [5.41, 5.74) is 0.456. The molecule has 0 heterocycles. The monoisotopic (exact) mass is 202 g/mol. The smallest absolute Gasteiger partial charge is 0.314 e. The number of carboxylic acids is 1. The van der Waals surface area contributed by atoms with Gasteiger partial charge in [-0.25, -0.2) is 0 Å². The van der Waals surface area contributed by atoms with Gasteiger partial charge < -0.3 is 5.11 Å². The van der Waals surface area contributed by atoms with Crippen molar-refractivity contribution in [1.82, 2.24) is 0 Å². The van der Waals surface area contributed by atoms with E-state index in [-0.39, 0.29) is 0 Å². The Morgan fingerprint density at radius 1 is 1.27 bits per heavy atom. The van der Waals surface area contributed by atoms with E-state index in [0.717, 1.165) is 12.0 Å². The van der Waals surface area contributed by atoms with Crippen LogP contribution in [-0.4, -0.2) is 11.1 Å². The molecule has 1 aromatic rings. The lowest BCUT2D eigenvalue weighted by molar-refractivity contribution is -0.140. The lowest BCUT2D eigenvalue weighted by Gasteiger charge is -2.12. The minimum absolute atomic E-state index is 0.400. The highest BCUT2D eigenvalue weighted by molar-refractivity contribution is 5.86. The maximum absolute atomic E-state index is 11.4. The van der Waals surface area contributed by atoms with Gasteiger partial charge in [0.1, 0.15) is 0 Å². The zero-order chi connectivity index (χ0) is 10.5. The van der Waals surface area contributed by atoms with Crippen LogP contribution in [0, 0.1) is 11.8 Å². The van der Waals surface area contributed by atoms with Crippen LogP contribution in [0.2, 0.25) is 0 Å². The van der Waals surface area contributed by atoms with Crippen LogP contribution in [0.4, 0.5) is 0 Å². The Kier molecular flexibility index (Phi) is 1.70. The van der Waals surface area contributed by atoms with E-state index in [0.29, 0.717) is 11.8 Å². The topological polar surface area (TPSA) is 37.3 Å². The zero-order valence-corrected chi connectivity index (χ0v) is 8.52. The van der Waals surface area contributed by atoms with Gasteiger partial charge in [0.15, 0.2) is 0 Å². The van der Waals surface area contributed by atoms with Gasteiger partial charge in [-0.3, -0.25) is 4.79 Å². The first-order chi connectivity index (χ1) is 7.25. The number of carboxylic acid groups (broad SMARTS) is 1. The zero-order valence-electron chi connectivity index (χ0n) is 8.52. The van der Waals surface area contributed by atoms with E-state index < -0.39 is 11.4 Å². The van der Waals surface area contributed by atoms with Crippen LogP contribution >= 0.6 is 0 Å². The van der Waals surface area contributed by atoms with E-state index in [9.17, 15) is 9.90 Å². The molecule has 0 radical (unpaired) electrons. The second kappa shape index (κ2) is 2.84. The van der Waals surface area contributed by atoms with Crippen LogP contribution in [-0.2, 0) is 10.2 Å². The third-order valence-electron chi connectivity index (χ3n) is 3.88. The van der Waals surface area contributed by atoms with Crippen molar-refractivity contribution in [3.8, 4) is 0 Å². The molecule has 1 N–H and O–H groups in total. The molecule has 2 heteroatoms. The summed E-state index contributed by atoms with van der Waals surface area (Å²) >= 11 is 0. The molecule has 2 fully saturated rings. The molecule has 2 nitrogen and oxygen atoms in total. The Labute approximate surface area is 88.9 Å². The molecule has 15 heavy (non-hydrogen) atoms. The van der Waals surface area contributed by atoms with Crippen LogP contribution in [0.3, 0.4) is 0 Å². The van der Waals surface area contributed by atoms with Crippen molar-refractivity contribution in [3.63, 3.8) is 0 Å². The van der Waals surface area contributed by atoms with Crippen molar-refractivity contribution < 1.29 is 9.90 Å². The predicted octanol–water partition coefficient (Wildman–Crippen LogP) is 2.44. The van der Waals surface area contributed by atoms with Crippen molar-refractivity contribution in [1.29, 1.82) is 0 Å². The quantitative estimate of drug-likeness (QED) is 0.817. The van der Waals surface area contributed by atoms with Crippen molar-refractivity contribution in [2.45, 2.75) is 24.7 Å². The first kappa shape index (κ1) is 8.96. The Balaban J connectivity index is 1.96. The minimum atomic E-state index is -0.634. The maximum atomic E-state index is 11.4. The van der Waals surface area contributed by atoms with Gasteiger partial charge in [0.25, 0.3) is 0 Å². The van der Waals surface area contributed by atoms with Gasteiger partial charge in [-0.15, -0.1) is 0 Å². The number of rotatable bonds is 3. The van der Waals surface area contributed by atoms with Crippen LogP contribution in [0.25, 0.3) is 0 Å². The summed E-state index contributed by atoms with van der Waals surface area (Å²) in [6.07, 6.45) is 3.30. The molecule has 2 unspecified atom stereocenters. The minimum Gasteiger partial charge on any atom is -0.481 e. The van der Waals surface area contributed by atoms with Crippen molar-refractivity contribution in [2.75, 3.05) is 0 Å². The average molecular weight is 202 g/mol. The van der Waals surface area contributed by atoms with Crippen LogP contribution in [0.1, 0.15) is 24.8 Å². The van der Waals surface area contributed by atoms with Crippen molar-refractivity contribution in [3.05, 3.63) is 35.9 Å². The molecule has 0 aromatic heterocycles. The van der Waals surface area contributed by atoms with Gasteiger partial charge in [-0.05, 0) is 36.7 Å². The number of benzene rings is 1. The SMILES string of the molecule is O=C(O)C1(c2ccccc2)CC1C1CC1. The molecule has 0 saturated heterocycles. The number of aliphatic carboxylic acids is 1. The average Bonchev–Trinajstić information content (AvgIpc) is 3.12. The second-order valence-electron chi connectivity index (χ2n) is 4.79. The van der Waals surface area contributed by atoms with E-state index in [1.54, 1.807) is 0 Å². The van der Waals surface area contributed by atoms with E-state index in [1.807, 2.05) is 30.3 Å². The molecule has 2 aliphatic rings. The van der Waals surface area contributed by atoms with Crippen molar-refractivity contribution >= 4 is 5.97 Å². The maximum Gasteiger partial charge on any atom is 0.314 e. The lowest BCUT2D eigenvalue weighted by atomic mass is 9.92. The standard InChI is InChI=1S/C13H14O2/c14-12(15)13(8-11(13)9-6-7-9)10-4-2-1-3-5-10/h1-5,9,11H,6-8H2,(H,14,15). The van der Waals surface area contributed by atoms with Crippen LogP contribution in [0.5, 0.6) is 0 Å². The molecule has 1 aromatic carbocycles. The third-order valence-corrected chi connectivity index (χ3v) is 3.88. The van der Waals surface area contributed by atoms with E-state index in [1.165, 1.54) is 12.8 Å². The molecular formula is C13H14O2. The van der Waals surface area contributed by atoms with Gasteiger partial charge in [-0.1, -0.05) is 30.3 Å². The van der Waals surface area contributed by atoms with Gasteiger partial charge in [0.2, 0.25) is 0 Å². The molecule has 2 aliphatic carbocycles. The fourth-order valence-corrected chi connectivity index (χ4v) is 2.79. The fraction of sp³-hybridized carbons (Fsp3) is 0.462. The molecule has 0 amide bonds. The molecule has 3 rings (SSSR count). The molecule has 0 spiro atoms. The Hall–Kier alpha value is -1.31. The number of hydrogen-bond acceptors (Lipinski definition) is 1. The highest BCUT2D eigenvalue weighted by Crippen LogP contribution is 2.63. The Morgan fingerprint density at radius 3 is 2.47 bits per heavy atom. The Morgan fingerprint density at radius 2 is 1.93 bits per heavy atom. The number of carbonyl (C=O) groups is 1. The largest absolute Gasteiger partial charge is 0.481 e. The fourth-order valence-electron chi connectivity index (χ4n) is 2.79. The Bertz CT molecular complexity index is 394. The normalized spacial score (nSPS) is 33.7. The summed E-state index contributed by atoms with van der Waals surface area (Å²) in [5, 5.41) is 9.40.